The van der Waals surface area contributed by atoms with Gasteiger partial charge in [-0.15, -0.1) is 0 Å². The first-order valence-corrected chi connectivity index (χ1v) is 10.7. The van der Waals surface area contributed by atoms with E-state index < -0.39 is 9.84 Å². The van der Waals surface area contributed by atoms with Crippen molar-refractivity contribution >= 4 is 15.5 Å². The van der Waals surface area contributed by atoms with E-state index in [1.165, 1.54) is 6.26 Å². The standard InChI is InChI=1S/C20H24N2O3S/c1-20(2)19-13-21(12-15-8-10-16(11-9-15)26(3,23)24)14-22(19)17-6-4-5-7-18(17)25-20/h4-11,19H,12-14H2,1-3H3. The van der Waals surface area contributed by atoms with Crippen LogP contribution in [0, 0.1) is 0 Å². The van der Waals surface area contributed by atoms with Crippen LogP contribution in [0.5, 0.6) is 5.75 Å². The number of ether oxygens (including phenoxy) is 1. The van der Waals surface area contributed by atoms with Crippen LogP contribution in [0.25, 0.3) is 0 Å². The molecule has 1 saturated heterocycles. The molecule has 2 aliphatic heterocycles. The van der Waals surface area contributed by atoms with Crippen LogP contribution in [0.2, 0.25) is 0 Å². The van der Waals surface area contributed by atoms with Crippen LogP contribution in [-0.4, -0.2) is 44.4 Å². The SMILES string of the molecule is CC1(C)Oc2ccccc2N2CN(Cc3ccc(S(C)(=O)=O)cc3)CC21. The smallest absolute Gasteiger partial charge is 0.175 e. The molecule has 0 spiro atoms. The van der Waals surface area contributed by atoms with Crippen molar-refractivity contribution in [2.45, 2.75) is 36.9 Å². The van der Waals surface area contributed by atoms with E-state index in [0.29, 0.717) is 4.90 Å². The third kappa shape index (κ3) is 3.08. The van der Waals surface area contributed by atoms with E-state index in [4.69, 9.17) is 4.74 Å². The van der Waals surface area contributed by atoms with Gasteiger partial charge in [-0.1, -0.05) is 24.3 Å². The number of anilines is 1. The van der Waals surface area contributed by atoms with Crippen molar-refractivity contribution in [3.63, 3.8) is 0 Å². The highest BCUT2D eigenvalue weighted by molar-refractivity contribution is 7.90. The number of hydrogen-bond acceptors (Lipinski definition) is 5. The number of nitrogens with zero attached hydrogens (tertiary/aromatic N) is 2. The van der Waals surface area contributed by atoms with Gasteiger partial charge in [0, 0.05) is 19.3 Å². The average molecular weight is 372 g/mol. The Bertz CT molecular complexity index is 922. The van der Waals surface area contributed by atoms with Crippen molar-refractivity contribution < 1.29 is 13.2 Å². The van der Waals surface area contributed by atoms with E-state index in [0.717, 1.165) is 36.8 Å². The Balaban J connectivity index is 1.55. The molecule has 0 saturated carbocycles. The molecule has 2 aromatic rings. The summed E-state index contributed by atoms with van der Waals surface area (Å²) in [5, 5.41) is 0. The molecule has 1 fully saturated rings. The summed E-state index contributed by atoms with van der Waals surface area (Å²) in [7, 11) is -3.15. The van der Waals surface area contributed by atoms with Crippen LogP contribution in [0.15, 0.2) is 53.4 Å². The molecule has 1 atom stereocenters. The van der Waals surface area contributed by atoms with Gasteiger partial charge in [-0.25, -0.2) is 8.42 Å². The lowest BCUT2D eigenvalue weighted by molar-refractivity contribution is 0.0703. The fraction of sp³-hybridized carbons (Fsp3) is 0.400. The highest BCUT2D eigenvalue weighted by atomic mass is 32.2. The van der Waals surface area contributed by atoms with Crippen LogP contribution >= 0.6 is 0 Å². The van der Waals surface area contributed by atoms with E-state index >= 15 is 0 Å². The molecule has 0 aliphatic carbocycles. The Morgan fingerprint density at radius 1 is 1.12 bits per heavy atom. The van der Waals surface area contributed by atoms with Gasteiger partial charge in [0.1, 0.15) is 11.4 Å². The minimum Gasteiger partial charge on any atom is -0.483 e. The number of sulfone groups is 1. The van der Waals surface area contributed by atoms with Gasteiger partial charge in [-0.3, -0.25) is 4.90 Å². The van der Waals surface area contributed by atoms with E-state index in [-0.39, 0.29) is 11.6 Å². The molecule has 138 valence electrons. The lowest BCUT2D eigenvalue weighted by Gasteiger charge is -2.43. The summed E-state index contributed by atoms with van der Waals surface area (Å²) in [5.41, 5.74) is 2.00. The molecule has 0 radical (unpaired) electrons. The van der Waals surface area contributed by atoms with Crippen molar-refractivity contribution in [2.75, 3.05) is 24.4 Å². The fourth-order valence-electron chi connectivity index (χ4n) is 3.90. The monoisotopic (exact) mass is 372 g/mol. The molecular weight excluding hydrogens is 348 g/mol. The normalized spacial score (nSPS) is 21.8. The number of hydrogen-bond donors (Lipinski definition) is 0. The van der Waals surface area contributed by atoms with Gasteiger partial charge >= 0.3 is 0 Å². The molecule has 1 unspecified atom stereocenters. The number of rotatable bonds is 3. The highest BCUT2D eigenvalue weighted by Gasteiger charge is 2.46. The predicted octanol–water partition coefficient (Wildman–Crippen LogP) is 2.91. The van der Waals surface area contributed by atoms with Crippen molar-refractivity contribution in [1.82, 2.24) is 4.90 Å². The Hall–Kier alpha value is -2.05. The summed E-state index contributed by atoms with van der Waals surface area (Å²) < 4.78 is 29.5. The second-order valence-corrected chi connectivity index (χ2v) is 9.74. The number of para-hydroxylation sites is 2. The van der Waals surface area contributed by atoms with Gasteiger partial charge in [0.2, 0.25) is 0 Å². The fourth-order valence-corrected chi connectivity index (χ4v) is 4.53. The molecule has 5 nitrogen and oxygen atoms in total. The number of benzene rings is 2. The van der Waals surface area contributed by atoms with Gasteiger partial charge < -0.3 is 9.64 Å². The van der Waals surface area contributed by atoms with Crippen LogP contribution < -0.4 is 9.64 Å². The second kappa shape index (κ2) is 5.99. The molecule has 2 aliphatic rings. The average Bonchev–Trinajstić information content (AvgIpc) is 2.99. The van der Waals surface area contributed by atoms with Crippen LogP contribution in [0.4, 0.5) is 5.69 Å². The van der Waals surface area contributed by atoms with Gasteiger partial charge in [0.15, 0.2) is 9.84 Å². The zero-order valence-electron chi connectivity index (χ0n) is 15.3. The van der Waals surface area contributed by atoms with E-state index in [2.05, 4.69) is 29.7 Å². The topological polar surface area (TPSA) is 49.9 Å². The summed E-state index contributed by atoms with van der Waals surface area (Å²) in [6, 6.07) is 15.7. The zero-order chi connectivity index (χ0) is 18.5. The Labute approximate surface area is 155 Å². The van der Waals surface area contributed by atoms with Gasteiger partial charge in [0.05, 0.1) is 23.3 Å². The summed E-state index contributed by atoms with van der Waals surface area (Å²) in [4.78, 5) is 5.17. The molecule has 26 heavy (non-hydrogen) atoms. The maximum atomic E-state index is 11.6. The zero-order valence-corrected chi connectivity index (χ0v) is 16.2. The summed E-state index contributed by atoms with van der Waals surface area (Å²) in [5.74, 6) is 0.938. The molecule has 0 N–H and O–H groups in total. The first kappa shape index (κ1) is 17.4. The lowest BCUT2D eigenvalue weighted by atomic mass is 9.95. The van der Waals surface area contributed by atoms with Gasteiger partial charge in [-0.2, -0.15) is 0 Å². The Morgan fingerprint density at radius 2 is 1.81 bits per heavy atom. The largest absolute Gasteiger partial charge is 0.483 e. The highest BCUT2D eigenvalue weighted by Crippen LogP contribution is 2.42. The van der Waals surface area contributed by atoms with E-state index in [9.17, 15) is 8.42 Å². The van der Waals surface area contributed by atoms with Gasteiger partial charge in [0.25, 0.3) is 0 Å². The molecule has 0 bridgehead atoms. The molecule has 4 rings (SSSR count). The first-order valence-electron chi connectivity index (χ1n) is 8.80. The molecule has 6 heteroatoms. The molecule has 2 aromatic carbocycles. The summed E-state index contributed by atoms with van der Waals surface area (Å²) in [6.45, 7) is 6.82. The molecule has 0 amide bonds. The van der Waals surface area contributed by atoms with Crippen molar-refractivity contribution in [1.29, 1.82) is 0 Å². The third-order valence-corrected chi connectivity index (χ3v) is 6.40. The third-order valence-electron chi connectivity index (χ3n) is 5.27. The quantitative estimate of drug-likeness (QED) is 0.829. The minimum atomic E-state index is -3.15. The first-order chi connectivity index (χ1) is 12.2. The molecule has 0 aromatic heterocycles. The van der Waals surface area contributed by atoms with Crippen LogP contribution in [0.1, 0.15) is 19.4 Å². The molecular formula is C20H24N2O3S. The maximum absolute atomic E-state index is 11.6. The van der Waals surface area contributed by atoms with E-state index in [1.54, 1.807) is 12.1 Å². The molecule has 2 heterocycles. The van der Waals surface area contributed by atoms with Crippen LogP contribution in [-0.2, 0) is 16.4 Å². The lowest BCUT2D eigenvalue weighted by Crippen LogP contribution is -2.54. The second-order valence-electron chi connectivity index (χ2n) is 7.73. The minimum absolute atomic E-state index is 0.261. The summed E-state index contributed by atoms with van der Waals surface area (Å²) in [6.07, 6.45) is 1.24. The van der Waals surface area contributed by atoms with Crippen LogP contribution in [0.3, 0.4) is 0 Å². The van der Waals surface area contributed by atoms with Crippen molar-refractivity contribution in [2.24, 2.45) is 0 Å². The Kier molecular flexibility index (Phi) is 4.00. The number of fused-ring (bicyclic) bond motifs is 3. The van der Waals surface area contributed by atoms with Crippen molar-refractivity contribution in [3.8, 4) is 5.75 Å². The maximum Gasteiger partial charge on any atom is 0.175 e. The summed E-state index contributed by atoms with van der Waals surface area (Å²) >= 11 is 0. The predicted molar refractivity (Wildman–Crippen MR) is 102 cm³/mol. The van der Waals surface area contributed by atoms with E-state index in [1.807, 2.05) is 30.3 Å². The van der Waals surface area contributed by atoms with Gasteiger partial charge in [-0.05, 0) is 43.7 Å². The van der Waals surface area contributed by atoms with Crippen molar-refractivity contribution in [3.05, 3.63) is 54.1 Å². The Morgan fingerprint density at radius 3 is 2.50 bits per heavy atom.